The summed E-state index contributed by atoms with van der Waals surface area (Å²) in [6, 6.07) is 10.6. The molecular formula is C21H21BrFNO3S. The highest BCUT2D eigenvalue weighted by Crippen LogP contribution is 2.43. The Morgan fingerprint density at radius 1 is 1.25 bits per heavy atom. The number of carbonyl (C=O) groups excluding carboxylic acids is 1. The van der Waals surface area contributed by atoms with Gasteiger partial charge in [0.05, 0.1) is 23.9 Å². The normalized spacial score (nSPS) is 16.8. The number of benzene rings is 2. The molecule has 0 bridgehead atoms. The van der Waals surface area contributed by atoms with Crippen molar-refractivity contribution in [3.63, 3.8) is 0 Å². The van der Waals surface area contributed by atoms with Crippen molar-refractivity contribution in [1.29, 1.82) is 0 Å². The highest BCUT2D eigenvalue weighted by atomic mass is 79.9. The minimum atomic E-state index is -1.03. The number of fused-ring (bicyclic) bond motifs is 1. The Morgan fingerprint density at radius 2 is 1.96 bits per heavy atom. The molecule has 1 aliphatic heterocycles. The zero-order valence-corrected chi connectivity index (χ0v) is 18.2. The van der Waals surface area contributed by atoms with E-state index in [1.54, 1.807) is 12.1 Å². The molecule has 0 spiro atoms. The van der Waals surface area contributed by atoms with E-state index in [9.17, 15) is 19.1 Å². The fourth-order valence-corrected chi connectivity index (χ4v) is 4.65. The third-order valence-electron chi connectivity index (χ3n) is 4.63. The van der Waals surface area contributed by atoms with Crippen LogP contribution in [-0.4, -0.2) is 22.2 Å². The maximum absolute atomic E-state index is 14.4. The summed E-state index contributed by atoms with van der Waals surface area (Å²) in [5.41, 5.74) is 2.08. The van der Waals surface area contributed by atoms with E-state index in [2.05, 4.69) is 36.7 Å². The van der Waals surface area contributed by atoms with Crippen molar-refractivity contribution >= 4 is 45.3 Å². The minimum absolute atomic E-state index is 0.0521. The standard InChI is InChI=1S/C21H21BrFNO3S/c1-21(2,3)13-5-7-16-17(8-13)28-18(10-19(25)26)20(27)24(16)11-12-4-6-14(22)9-15(12)23/h4-9,18H,10-11H2,1-3H3,(H,25,26). The van der Waals surface area contributed by atoms with Gasteiger partial charge in [0, 0.05) is 14.9 Å². The first kappa shape index (κ1) is 20.9. The average molecular weight is 466 g/mol. The van der Waals surface area contributed by atoms with Crippen LogP contribution in [0.25, 0.3) is 0 Å². The van der Waals surface area contributed by atoms with Crippen LogP contribution in [0.1, 0.15) is 38.3 Å². The average Bonchev–Trinajstić information content (AvgIpc) is 2.58. The molecule has 4 nitrogen and oxygen atoms in total. The zero-order valence-electron chi connectivity index (χ0n) is 15.8. The fraction of sp³-hybridized carbons (Fsp3) is 0.333. The Morgan fingerprint density at radius 3 is 2.57 bits per heavy atom. The first-order chi connectivity index (χ1) is 13.1. The molecule has 0 fully saturated rings. The van der Waals surface area contributed by atoms with Crippen molar-refractivity contribution < 1.29 is 19.1 Å². The van der Waals surface area contributed by atoms with E-state index in [4.69, 9.17) is 0 Å². The molecule has 28 heavy (non-hydrogen) atoms. The van der Waals surface area contributed by atoms with E-state index in [-0.39, 0.29) is 24.3 Å². The molecule has 3 rings (SSSR count). The van der Waals surface area contributed by atoms with Crippen LogP contribution in [0.3, 0.4) is 0 Å². The van der Waals surface area contributed by atoms with Crippen LogP contribution in [0, 0.1) is 5.82 Å². The number of rotatable bonds is 4. The fourth-order valence-electron chi connectivity index (χ4n) is 3.07. The van der Waals surface area contributed by atoms with Gasteiger partial charge in [0.2, 0.25) is 5.91 Å². The van der Waals surface area contributed by atoms with Crippen molar-refractivity contribution in [2.45, 2.75) is 49.3 Å². The van der Waals surface area contributed by atoms with E-state index < -0.39 is 17.0 Å². The molecule has 0 aromatic heterocycles. The Kier molecular flexibility index (Phi) is 5.87. The molecule has 1 unspecified atom stereocenters. The highest BCUT2D eigenvalue weighted by molar-refractivity contribution is 9.10. The largest absolute Gasteiger partial charge is 0.481 e. The van der Waals surface area contributed by atoms with Crippen molar-refractivity contribution in [2.75, 3.05) is 4.90 Å². The van der Waals surface area contributed by atoms with E-state index in [1.807, 2.05) is 18.2 Å². The maximum Gasteiger partial charge on any atom is 0.305 e. The van der Waals surface area contributed by atoms with Gasteiger partial charge in [-0.1, -0.05) is 48.8 Å². The van der Waals surface area contributed by atoms with Crippen LogP contribution in [0.5, 0.6) is 0 Å². The van der Waals surface area contributed by atoms with Gasteiger partial charge in [-0.2, -0.15) is 0 Å². The number of hydrogen-bond acceptors (Lipinski definition) is 3. The number of thioether (sulfide) groups is 1. The number of hydrogen-bond donors (Lipinski definition) is 1. The van der Waals surface area contributed by atoms with E-state index in [0.717, 1.165) is 10.5 Å². The first-order valence-corrected chi connectivity index (χ1v) is 10.5. The van der Waals surface area contributed by atoms with Gasteiger partial charge in [-0.25, -0.2) is 4.39 Å². The van der Waals surface area contributed by atoms with Crippen LogP contribution in [0.2, 0.25) is 0 Å². The predicted molar refractivity (Wildman–Crippen MR) is 112 cm³/mol. The molecule has 1 N–H and O–H groups in total. The van der Waals surface area contributed by atoms with Crippen LogP contribution in [0.4, 0.5) is 10.1 Å². The van der Waals surface area contributed by atoms with Crippen LogP contribution >= 0.6 is 27.7 Å². The summed E-state index contributed by atoms with van der Waals surface area (Å²) in [4.78, 5) is 26.6. The summed E-state index contributed by atoms with van der Waals surface area (Å²) in [5, 5.41) is 8.48. The van der Waals surface area contributed by atoms with Crippen molar-refractivity contribution in [3.05, 3.63) is 57.8 Å². The lowest BCUT2D eigenvalue weighted by atomic mass is 9.87. The van der Waals surface area contributed by atoms with Gasteiger partial charge in [-0.3, -0.25) is 9.59 Å². The summed E-state index contributed by atoms with van der Waals surface area (Å²) in [6.07, 6.45) is -0.276. The Balaban J connectivity index is 2.04. The molecule has 0 radical (unpaired) electrons. The Labute approximate surface area is 176 Å². The molecule has 0 aliphatic carbocycles. The van der Waals surface area contributed by atoms with Crippen molar-refractivity contribution in [2.24, 2.45) is 0 Å². The summed E-state index contributed by atoms with van der Waals surface area (Å²) >= 11 is 4.50. The first-order valence-electron chi connectivity index (χ1n) is 8.84. The van der Waals surface area contributed by atoms with Crippen LogP contribution in [0.15, 0.2) is 45.8 Å². The van der Waals surface area contributed by atoms with Gasteiger partial charge < -0.3 is 10.0 Å². The lowest BCUT2D eigenvalue weighted by molar-refractivity contribution is -0.138. The number of carboxylic acids is 1. The van der Waals surface area contributed by atoms with E-state index in [1.165, 1.54) is 22.7 Å². The number of halogens is 2. The molecule has 1 amide bonds. The second-order valence-corrected chi connectivity index (χ2v) is 9.96. The third-order valence-corrected chi connectivity index (χ3v) is 6.36. The number of carbonyl (C=O) groups is 2. The summed E-state index contributed by atoms with van der Waals surface area (Å²) in [7, 11) is 0. The van der Waals surface area contributed by atoms with Crippen molar-refractivity contribution in [3.8, 4) is 0 Å². The summed E-state index contributed by atoms with van der Waals surface area (Å²) in [6.45, 7) is 6.34. The van der Waals surface area contributed by atoms with Gasteiger partial charge >= 0.3 is 5.97 Å². The van der Waals surface area contributed by atoms with Gasteiger partial charge in [0.25, 0.3) is 0 Å². The van der Waals surface area contributed by atoms with Gasteiger partial charge in [-0.05, 0) is 35.2 Å². The van der Waals surface area contributed by atoms with E-state index in [0.29, 0.717) is 15.7 Å². The zero-order chi connectivity index (χ0) is 20.6. The minimum Gasteiger partial charge on any atom is -0.481 e. The van der Waals surface area contributed by atoms with Gasteiger partial charge in [-0.15, -0.1) is 11.8 Å². The lowest BCUT2D eigenvalue weighted by Gasteiger charge is -2.34. The number of amides is 1. The topological polar surface area (TPSA) is 57.6 Å². The van der Waals surface area contributed by atoms with Crippen LogP contribution < -0.4 is 4.90 Å². The maximum atomic E-state index is 14.4. The summed E-state index contributed by atoms with van der Waals surface area (Å²) < 4.78 is 15.0. The lowest BCUT2D eigenvalue weighted by Crippen LogP contribution is -2.41. The monoisotopic (exact) mass is 465 g/mol. The number of nitrogens with zero attached hydrogens (tertiary/aromatic N) is 1. The molecule has 1 aliphatic rings. The SMILES string of the molecule is CC(C)(C)c1ccc2c(c1)SC(CC(=O)O)C(=O)N2Cc1ccc(Br)cc1F. The molecule has 1 atom stereocenters. The predicted octanol–water partition coefficient (Wildman–Crippen LogP) is 5.37. The smallest absolute Gasteiger partial charge is 0.305 e. The van der Waals surface area contributed by atoms with Crippen molar-refractivity contribution in [1.82, 2.24) is 0 Å². The molecule has 148 valence electrons. The Bertz CT molecular complexity index is 942. The second kappa shape index (κ2) is 7.87. The van der Waals surface area contributed by atoms with Gasteiger partial charge in [0.15, 0.2) is 0 Å². The molecule has 2 aromatic rings. The van der Waals surface area contributed by atoms with Gasteiger partial charge in [0.1, 0.15) is 5.82 Å². The molecule has 7 heteroatoms. The number of carboxylic acid groups (broad SMARTS) is 1. The summed E-state index contributed by atoms with van der Waals surface area (Å²) in [5.74, 6) is -1.76. The number of anilines is 1. The second-order valence-electron chi connectivity index (χ2n) is 7.80. The van der Waals surface area contributed by atoms with Crippen LogP contribution in [-0.2, 0) is 21.5 Å². The Hall–Kier alpha value is -1.86. The third kappa shape index (κ3) is 4.41. The molecular weight excluding hydrogens is 445 g/mol. The molecule has 1 heterocycles. The quantitative estimate of drug-likeness (QED) is 0.659. The molecule has 2 aromatic carbocycles. The molecule has 0 saturated heterocycles. The van der Waals surface area contributed by atoms with E-state index >= 15 is 0 Å². The highest BCUT2D eigenvalue weighted by Gasteiger charge is 2.36. The number of aliphatic carboxylic acids is 1. The molecule has 0 saturated carbocycles.